The molecule has 1 amide bonds. The third-order valence-electron chi connectivity index (χ3n) is 6.35. The van der Waals surface area contributed by atoms with Crippen molar-refractivity contribution < 1.29 is 14.3 Å². The average Bonchev–Trinajstić information content (AvgIpc) is 2.90. The molecule has 0 saturated carbocycles. The SMILES string of the molecule is O=C(COC(=O)c1c2c(nc3ccccc13)CCN(Cc1ccccc1)C2)NCc1ccccc1Cl. The number of aromatic nitrogens is 1. The normalized spacial score (nSPS) is 13.2. The van der Waals surface area contributed by atoms with Gasteiger partial charge in [0.15, 0.2) is 6.61 Å². The fourth-order valence-electron chi connectivity index (χ4n) is 4.55. The zero-order chi connectivity index (χ0) is 24.9. The third kappa shape index (κ3) is 5.40. The zero-order valence-corrected chi connectivity index (χ0v) is 20.5. The number of carbonyl (C=O) groups excluding carboxylic acids is 2. The number of benzene rings is 3. The second kappa shape index (κ2) is 10.9. The predicted molar refractivity (Wildman–Crippen MR) is 140 cm³/mol. The number of para-hydroxylation sites is 1. The molecule has 5 rings (SSSR count). The standard InChI is InChI=1S/C29H26ClN3O3/c30-24-12-6-4-10-21(24)16-31-27(34)19-36-29(35)28-22-11-5-7-13-25(22)32-26-14-15-33(18-23(26)28)17-20-8-2-1-3-9-20/h1-13H,14-19H2,(H,31,34). The number of nitrogens with one attached hydrogen (secondary N) is 1. The zero-order valence-electron chi connectivity index (χ0n) is 19.7. The molecule has 0 radical (unpaired) electrons. The molecule has 182 valence electrons. The summed E-state index contributed by atoms with van der Waals surface area (Å²) < 4.78 is 5.51. The van der Waals surface area contributed by atoms with Gasteiger partial charge in [-0.15, -0.1) is 0 Å². The van der Waals surface area contributed by atoms with Crippen LogP contribution in [0.3, 0.4) is 0 Å². The summed E-state index contributed by atoms with van der Waals surface area (Å²) in [5, 5.41) is 4.07. The molecule has 3 aromatic carbocycles. The van der Waals surface area contributed by atoms with Crippen LogP contribution in [0.2, 0.25) is 5.02 Å². The highest BCUT2D eigenvalue weighted by molar-refractivity contribution is 6.31. The van der Waals surface area contributed by atoms with Gasteiger partial charge in [-0.05, 0) is 23.3 Å². The van der Waals surface area contributed by atoms with Crippen LogP contribution < -0.4 is 5.32 Å². The van der Waals surface area contributed by atoms with E-state index in [1.165, 1.54) is 5.56 Å². The van der Waals surface area contributed by atoms with E-state index < -0.39 is 5.97 Å². The van der Waals surface area contributed by atoms with Crippen molar-refractivity contribution >= 4 is 34.4 Å². The number of amides is 1. The number of carbonyl (C=O) groups is 2. The molecule has 36 heavy (non-hydrogen) atoms. The van der Waals surface area contributed by atoms with Crippen LogP contribution in [0, 0.1) is 0 Å². The predicted octanol–water partition coefficient (Wildman–Crippen LogP) is 4.92. The van der Waals surface area contributed by atoms with E-state index >= 15 is 0 Å². The molecule has 1 aromatic heterocycles. The first-order valence-electron chi connectivity index (χ1n) is 11.9. The van der Waals surface area contributed by atoms with Crippen molar-refractivity contribution in [1.29, 1.82) is 0 Å². The summed E-state index contributed by atoms with van der Waals surface area (Å²) in [4.78, 5) is 32.9. The number of halogens is 1. The molecule has 0 atom stereocenters. The minimum absolute atomic E-state index is 0.262. The van der Waals surface area contributed by atoms with E-state index in [9.17, 15) is 9.59 Å². The lowest BCUT2D eigenvalue weighted by Crippen LogP contribution is -2.33. The van der Waals surface area contributed by atoms with Gasteiger partial charge in [0.25, 0.3) is 5.91 Å². The summed E-state index contributed by atoms with van der Waals surface area (Å²) in [5.74, 6) is -0.902. The molecule has 7 heteroatoms. The second-order valence-corrected chi connectivity index (χ2v) is 9.23. The maximum atomic E-state index is 13.4. The maximum Gasteiger partial charge on any atom is 0.339 e. The van der Waals surface area contributed by atoms with Crippen LogP contribution in [0.25, 0.3) is 10.9 Å². The number of esters is 1. The van der Waals surface area contributed by atoms with Gasteiger partial charge in [-0.2, -0.15) is 0 Å². The van der Waals surface area contributed by atoms with Crippen LogP contribution in [0.1, 0.15) is 32.7 Å². The van der Waals surface area contributed by atoms with Gasteiger partial charge in [0.05, 0.1) is 11.1 Å². The summed E-state index contributed by atoms with van der Waals surface area (Å²) >= 11 is 6.15. The first-order valence-corrected chi connectivity index (χ1v) is 12.3. The summed E-state index contributed by atoms with van der Waals surface area (Å²) in [7, 11) is 0. The van der Waals surface area contributed by atoms with Crippen LogP contribution in [-0.2, 0) is 35.6 Å². The number of hydrogen-bond donors (Lipinski definition) is 1. The molecule has 0 aliphatic carbocycles. The molecule has 6 nitrogen and oxygen atoms in total. The van der Waals surface area contributed by atoms with Gasteiger partial charge in [-0.25, -0.2) is 4.79 Å². The van der Waals surface area contributed by atoms with Gasteiger partial charge in [0, 0.05) is 54.3 Å². The van der Waals surface area contributed by atoms with Crippen molar-refractivity contribution in [1.82, 2.24) is 15.2 Å². The first-order chi connectivity index (χ1) is 17.6. The number of ether oxygens (including phenoxy) is 1. The Morgan fingerprint density at radius 2 is 1.72 bits per heavy atom. The summed E-state index contributed by atoms with van der Waals surface area (Å²) in [6, 6.07) is 25.1. The minimum Gasteiger partial charge on any atom is -0.452 e. The van der Waals surface area contributed by atoms with Crippen molar-refractivity contribution in [3.8, 4) is 0 Å². The smallest absolute Gasteiger partial charge is 0.339 e. The number of nitrogens with zero attached hydrogens (tertiary/aromatic N) is 2. The number of pyridine rings is 1. The Hall–Kier alpha value is -3.74. The van der Waals surface area contributed by atoms with Gasteiger partial charge in [-0.3, -0.25) is 14.7 Å². The Bertz CT molecular complexity index is 1410. The molecule has 4 aromatic rings. The molecule has 1 aliphatic heterocycles. The van der Waals surface area contributed by atoms with E-state index in [1.807, 2.05) is 60.7 Å². The third-order valence-corrected chi connectivity index (χ3v) is 6.72. The van der Waals surface area contributed by atoms with Gasteiger partial charge < -0.3 is 10.1 Å². The molecule has 0 bridgehead atoms. The van der Waals surface area contributed by atoms with Crippen LogP contribution in [0.5, 0.6) is 0 Å². The fraction of sp³-hybridized carbons (Fsp3) is 0.207. The monoisotopic (exact) mass is 499 g/mol. The summed E-state index contributed by atoms with van der Waals surface area (Å²) in [5.41, 5.74) is 5.04. The highest BCUT2D eigenvalue weighted by Crippen LogP contribution is 2.29. The first kappa shape index (κ1) is 24.0. The quantitative estimate of drug-likeness (QED) is 0.365. The van der Waals surface area contributed by atoms with E-state index in [2.05, 4.69) is 22.3 Å². The molecular weight excluding hydrogens is 474 g/mol. The largest absolute Gasteiger partial charge is 0.452 e. The average molecular weight is 500 g/mol. The molecule has 1 N–H and O–H groups in total. The number of rotatable bonds is 7. The van der Waals surface area contributed by atoms with Gasteiger partial charge >= 0.3 is 5.97 Å². The number of fused-ring (bicyclic) bond motifs is 2. The highest BCUT2D eigenvalue weighted by Gasteiger charge is 2.27. The van der Waals surface area contributed by atoms with Crippen molar-refractivity contribution in [2.45, 2.75) is 26.1 Å². The van der Waals surface area contributed by atoms with Gasteiger partial charge in [0.1, 0.15) is 0 Å². The lowest BCUT2D eigenvalue weighted by atomic mass is 9.95. The van der Waals surface area contributed by atoms with Crippen molar-refractivity contribution in [2.24, 2.45) is 0 Å². The van der Waals surface area contributed by atoms with Crippen molar-refractivity contribution in [3.63, 3.8) is 0 Å². The number of hydrogen-bond acceptors (Lipinski definition) is 5. The fourth-order valence-corrected chi connectivity index (χ4v) is 4.75. The van der Waals surface area contributed by atoms with Crippen molar-refractivity contribution in [3.05, 3.63) is 112 Å². The molecule has 0 unspecified atom stereocenters. The lowest BCUT2D eigenvalue weighted by molar-refractivity contribution is -0.124. The second-order valence-electron chi connectivity index (χ2n) is 8.82. The van der Waals surface area contributed by atoms with Crippen molar-refractivity contribution in [2.75, 3.05) is 13.2 Å². The van der Waals surface area contributed by atoms with E-state index in [4.69, 9.17) is 21.3 Å². The molecule has 1 aliphatic rings. The Balaban J connectivity index is 1.33. The Morgan fingerprint density at radius 3 is 2.56 bits per heavy atom. The molecule has 0 saturated heterocycles. The van der Waals surface area contributed by atoms with Crippen LogP contribution in [0.15, 0.2) is 78.9 Å². The maximum absolute atomic E-state index is 13.4. The molecule has 0 fully saturated rings. The van der Waals surface area contributed by atoms with Gasteiger partial charge in [0.2, 0.25) is 0 Å². The van der Waals surface area contributed by atoms with Gasteiger partial charge in [-0.1, -0.05) is 78.3 Å². The minimum atomic E-state index is -0.515. The molecule has 0 spiro atoms. The molecular formula is C29H26ClN3O3. The Labute approximate surface area is 214 Å². The van der Waals surface area contributed by atoms with E-state index in [0.29, 0.717) is 17.1 Å². The summed E-state index contributed by atoms with van der Waals surface area (Å²) in [6.45, 7) is 2.12. The van der Waals surface area contributed by atoms with E-state index in [0.717, 1.165) is 47.2 Å². The Morgan fingerprint density at radius 1 is 0.972 bits per heavy atom. The highest BCUT2D eigenvalue weighted by atomic mass is 35.5. The van der Waals surface area contributed by atoms with E-state index in [-0.39, 0.29) is 19.1 Å². The van der Waals surface area contributed by atoms with Crippen LogP contribution in [-0.4, -0.2) is 34.9 Å². The van der Waals surface area contributed by atoms with Crippen LogP contribution >= 0.6 is 11.6 Å². The topological polar surface area (TPSA) is 71.5 Å². The van der Waals surface area contributed by atoms with Crippen LogP contribution in [0.4, 0.5) is 0 Å². The lowest BCUT2D eigenvalue weighted by Gasteiger charge is -2.30. The Kier molecular flexibility index (Phi) is 7.26. The summed E-state index contributed by atoms with van der Waals surface area (Å²) in [6.07, 6.45) is 0.742. The van der Waals surface area contributed by atoms with E-state index in [1.54, 1.807) is 6.07 Å². The molecule has 2 heterocycles.